The predicted molar refractivity (Wildman–Crippen MR) is 65.2 cm³/mol. The molecule has 16 heavy (non-hydrogen) atoms. The van der Waals surface area contributed by atoms with E-state index in [-0.39, 0.29) is 0 Å². The highest BCUT2D eigenvalue weighted by molar-refractivity contribution is 9.11. The van der Waals surface area contributed by atoms with E-state index in [2.05, 4.69) is 26.0 Å². The summed E-state index contributed by atoms with van der Waals surface area (Å²) in [6.45, 7) is 0. The van der Waals surface area contributed by atoms with Crippen molar-refractivity contribution in [2.24, 2.45) is 0 Å². The predicted octanol–water partition coefficient (Wildman–Crippen LogP) is 2.60. The topological polar surface area (TPSA) is 50.9 Å². The summed E-state index contributed by atoms with van der Waals surface area (Å²) in [4.78, 5) is 5.49. The first kappa shape index (κ1) is 10.4. The maximum absolute atomic E-state index is 9.78. The Bertz CT molecular complexity index is 522. The fourth-order valence-corrected chi connectivity index (χ4v) is 3.18. The Morgan fingerprint density at radius 3 is 3.06 bits per heavy atom. The molecule has 6 heteroatoms. The van der Waals surface area contributed by atoms with Crippen LogP contribution in [0.2, 0.25) is 0 Å². The van der Waals surface area contributed by atoms with Gasteiger partial charge in [0.05, 0.1) is 8.66 Å². The van der Waals surface area contributed by atoms with E-state index < -0.39 is 6.23 Å². The van der Waals surface area contributed by atoms with Crippen LogP contribution in [-0.2, 0) is 6.42 Å². The van der Waals surface area contributed by atoms with Crippen LogP contribution in [0.25, 0.3) is 10.7 Å². The lowest BCUT2D eigenvalue weighted by molar-refractivity contribution is 0.0648. The molecule has 0 amide bonds. The molecule has 84 valence electrons. The number of aliphatic hydroxyl groups is 1. The lowest BCUT2D eigenvalue weighted by atomic mass is 10.1. The SMILES string of the molecule is OC1CCCc2nc(-c3ccc(Br)s3)nn21. The average molecular weight is 300 g/mol. The second-order valence-corrected chi connectivity index (χ2v) is 6.24. The van der Waals surface area contributed by atoms with Crippen molar-refractivity contribution in [1.82, 2.24) is 14.8 Å². The summed E-state index contributed by atoms with van der Waals surface area (Å²) in [5.41, 5.74) is 0. The molecule has 2 aromatic rings. The van der Waals surface area contributed by atoms with Crippen molar-refractivity contribution < 1.29 is 5.11 Å². The lowest BCUT2D eigenvalue weighted by Crippen LogP contribution is -2.18. The molecule has 0 saturated carbocycles. The molecular formula is C10H10BrN3OS. The monoisotopic (exact) mass is 299 g/mol. The number of fused-ring (bicyclic) bond motifs is 1. The van der Waals surface area contributed by atoms with Gasteiger partial charge in [-0.05, 0) is 40.9 Å². The van der Waals surface area contributed by atoms with Crippen LogP contribution in [0.15, 0.2) is 15.9 Å². The van der Waals surface area contributed by atoms with Crippen molar-refractivity contribution in [2.75, 3.05) is 0 Å². The molecule has 3 heterocycles. The van der Waals surface area contributed by atoms with Crippen molar-refractivity contribution in [1.29, 1.82) is 0 Å². The molecule has 1 aliphatic heterocycles. The van der Waals surface area contributed by atoms with Gasteiger partial charge in [0.15, 0.2) is 5.82 Å². The summed E-state index contributed by atoms with van der Waals surface area (Å²) in [5.74, 6) is 1.60. The third-order valence-electron chi connectivity index (χ3n) is 2.64. The maximum Gasteiger partial charge on any atom is 0.191 e. The minimum Gasteiger partial charge on any atom is -0.372 e. The summed E-state index contributed by atoms with van der Waals surface area (Å²) >= 11 is 5.02. The van der Waals surface area contributed by atoms with E-state index in [0.29, 0.717) is 5.82 Å². The molecule has 1 N–H and O–H groups in total. The number of nitrogens with zero attached hydrogens (tertiary/aromatic N) is 3. The van der Waals surface area contributed by atoms with Crippen molar-refractivity contribution in [3.05, 3.63) is 21.7 Å². The normalized spacial score (nSPS) is 19.8. The summed E-state index contributed by atoms with van der Waals surface area (Å²) in [6.07, 6.45) is 2.14. The molecule has 0 radical (unpaired) electrons. The van der Waals surface area contributed by atoms with Gasteiger partial charge in [0.2, 0.25) is 0 Å². The molecular weight excluding hydrogens is 290 g/mol. The summed E-state index contributed by atoms with van der Waals surface area (Å²) in [7, 11) is 0. The third kappa shape index (κ3) is 1.70. The van der Waals surface area contributed by atoms with E-state index in [1.165, 1.54) is 0 Å². The number of rotatable bonds is 1. The summed E-state index contributed by atoms with van der Waals surface area (Å²) in [6, 6.07) is 3.97. The number of aryl methyl sites for hydroxylation is 1. The van der Waals surface area contributed by atoms with E-state index >= 15 is 0 Å². The molecule has 2 aromatic heterocycles. The standard InChI is InChI=1S/C10H10BrN3OS/c11-7-5-4-6(16-7)10-12-8-2-1-3-9(15)14(8)13-10/h4-5,9,15H,1-3H2. The van der Waals surface area contributed by atoms with Gasteiger partial charge in [-0.2, -0.15) is 0 Å². The van der Waals surface area contributed by atoms with Crippen LogP contribution >= 0.6 is 27.3 Å². The molecule has 1 aliphatic rings. The average Bonchev–Trinajstić information content (AvgIpc) is 2.84. The van der Waals surface area contributed by atoms with E-state index in [1.54, 1.807) is 16.0 Å². The second-order valence-electron chi connectivity index (χ2n) is 3.77. The number of halogens is 1. The van der Waals surface area contributed by atoms with Gasteiger partial charge in [-0.3, -0.25) is 0 Å². The fraction of sp³-hybridized carbons (Fsp3) is 0.400. The first-order valence-corrected chi connectivity index (χ1v) is 6.74. The quantitative estimate of drug-likeness (QED) is 0.880. The van der Waals surface area contributed by atoms with Gasteiger partial charge in [0.1, 0.15) is 12.1 Å². The van der Waals surface area contributed by atoms with Gasteiger partial charge in [-0.15, -0.1) is 16.4 Å². The lowest BCUT2D eigenvalue weighted by Gasteiger charge is -2.17. The summed E-state index contributed by atoms with van der Waals surface area (Å²) < 4.78 is 2.71. The molecule has 0 spiro atoms. The second kappa shape index (κ2) is 3.94. The Balaban J connectivity index is 2.04. The van der Waals surface area contributed by atoms with Crippen LogP contribution < -0.4 is 0 Å². The van der Waals surface area contributed by atoms with E-state index in [9.17, 15) is 5.11 Å². The molecule has 0 aliphatic carbocycles. The molecule has 1 atom stereocenters. The van der Waals surface area contributed by atoms with Crippen molar-refractivity contribution in [2.45, 2.75) is 25.5 Å². The Morgan fingerprint density at radius 2 is 2.38 bits per heavy atom. The molecule has 0 saturated heterocycles. The van der Waals surface area contributed by atoms with Gasteiger partial charge in [-0.1, -0.05) is 0 Å². The van der Waals surface area contributed by atoms with Gasteiger partial charge in [-0.25, -0.2) is 9.67 Å². The Hall–Kier alpha value is -0.720. The van der Waals surface area contributed by atoms with Crippen molar-refractivity contribution in [3.63, 3.8) is 0 Å². The van der Waals surface area contributed by atoms with Crippen LogP contribution in [0, 0.1) is 0 Å². The molecule has 0 bridgehead atoms. The molecule has 3 rings (SSSR count). The van der Waals surface area contributed by atoms with Gasteiger partial charge < -0.3 is 5.11 Å². The van der Waals surface area contributed by atoms with Crippen molar-refractivity contribution in [3.8, 4) is 10.7 Å². The number of hydrogen-bond acceptors (Lipinski definition) is 4. The number of hydrogen-bond donors (Lipinski definition) is 1. The minimum absolute atomic E-state index is 0.506. The van der Waals surface area contributed by atoms with Gasteiger partial charge >= 0.3 is 0 Å². The Kier molecular flexibility index (Phi) is 2.57. The Morgan fingerprint density at radius 1 is 1.50 bits per heavy atom. The van der Waals surface area contributed by atoms with E-state index in [1.807, 2.05) is 12.1 Å². The molecule has 1 unspecified atom stereocenters. The van der Waals surface area contributed by atoms with E-state index in [0.717, 1.165) is 33.8 Å². The highest BCUT2D eigenvalue weighted by Gasteiger charge is 2.21. The van der Waals surface area contributed by atoms with Crippen LogP contribution in [-0.4, -0.2) is 19.9 Å². The number of aromatic nitrogens is 3. The smallest absolute Gasteiger partial charge is 0.191 e. The third-order valence-corrected chi connectivity index (χ3v) is 4.26. The zero-order chi connectivity index (χ0) is 11.1. The molecule has 4 nitrogen and oxygen atoms in total. The first-order chi connectivity index (χ1) is 7.74. The Labute approximate surface area is 105 Å². The zero-order valence-corrected chi connectivity index (χ0v) is 10.8. The van der Waals surface area contributed by atoms with Crippen molar-refractivity contribution >= 4 is 27.3 Å². The minimum atomic E-state index is -0.506. The first-order valence-electron chi connectivity index (χ1n) is 5.13. The zero-order valence-electron chi connectivity index (χ0n) is 8.43. The van der Waals surface area contributed by atoms with Gasteiger partial charge in [0.25, 0.3) is 0 Å². The van der Waals surface area contributed by atoms with Crippen LogP contribution in [0.1, 0.15) is 24.9 Å². The van der Waals surface area contributed by atoms with Gasteiger partial charge in [0, 0.05) is 6.42 Å². The molecule has 0 fully saturated rings. The largest absolute Gasteiger partial charge is 0.372 e. The number of thiophene rings is 1. The highest BCUT2D eigenvalue weighted by atomic mass is 79.9. The maximum atomic E-state index is 9.78. The van der Waals surface area contributed by atoms with E-state index in [4.69, 9.17) is 0 Å². The summed E-state index contributed by atoms with van der Waals surface area (Å²) in [5, 5.41) is 14.1. The highest BCUT2D eigenvalue weighted by Crippen LogP contribution is 2.31. The number of aliphatic hydroxyl groups excluding tert-OH is 1. The van der Waals surface area contributed by atoms with Crippen LogP contribution in [0.4, 0.5) is 0 Å². The van der Waals surface area contributed by atoms with Crippen LogP contribution in [0.5, 0.6) is 0 Å². The van der Waals surface area contributed by atoms with Crippen LogP contribution in [0.3, 0.4) is 0 Å². The molecule has 0 aromatic carbocycles. The fourth-order valence-electron chi connectivity index (χ4n) is 1.87.